The number of benzene rings is 1. The highest BCUT2D eigenvalue weighted by molar-refractivity contribution is 7.89. The lowest BCUT2D eigenvalue weighted by molar-refractivity contribution is 0.537. The number of rotatable bonds is 4. The molecule has 0 radical (unpaired) electrons. The highest BCUT2D eigenvalue weighted by Crippen LogP contribution is 2.51. The number of hydrogen-bond acceptors (Lipinski definition) is 3. The van der Waals surface area contributed by atoms with Crippen molar-refractivity contribution in [2.24, 2.45) is 11.3 Å². The quantitative estimate of drug-likeness (QED) is 0.832. The first kappa shape index (κ1) is 14.3. The zero-order valence-corrected chi connectivity index (χ0v) is 12.8. The summed E-state index contributed by atoms with van der Waals surface area (Å²) in [7, 11) is -3.47. The van der Waals surface area contributed by atoms with Gasteiger partial charge in [-0.15, -0.1) is 0 Å². The van der Waals surface area contributed by atoms with E-state index < -0.39 is 10.0 Å². The Morgan fingerprint density at radius 2 is 1.95 bits per heavy atom. The van der Waals surface area contributed by atoms with Crippen molar-refractivity contribution >= 4 is 15.7 Å². The lowest BCUT2D eigenvalue weighted by Crippen LogP contribution is -2.27. The fourth-order valence-corrected chi connectivity index (χ4v) is 3.78. The van der Waals surface area contributed by atoms with Gasteiger partial charge >= 0.3 is 0 Å². The molecule has 1 aliphatic rings. The Morgan fingerprint density at radius 3 is 2.47 bits per heavy atom. The van der Waals surface area contributed by atoms with E-state index in [1.165, 1.54) is 0 Å². The van der Waals surface area contributed by atoms with Crippen molar-refractivity contribution < 1.29 is 8.42 Å². The van der Waals surface area contributed by atoms with Crippen LogP contribution in [0.3, 0.4) is 0 Å². The van der Waals surface area contributed by atoms with Crippen LogP contribution in [0.25, 0.3) is 0 Å². The first-order valence-corrected chi connectivity index (χ1v) is 7.98. The van der Waals surface area contributed by atoms with E-state index in [1.54, 1.807) is 19.1 Å². The molecule has 0 bridgehead atoms. The molecule has 3 N–H and O–H groups in total. The van der Waals surface area contributed by atoms with Crippen LogP contribution in [0.5, 0.6) is 0 Å². The van der Waals surface area contributed by atoms with E-state index in [-0.39, 0.29) is 5.41 Å². The van der Waals surface area contributed by atoms with Crippen molar-refractivity contribution in [3.05, 3.63) is 23.3 Å². The molecule has 1 aromatic rings. The van der Waals surface area contributed by atoms with Crippen LogP contribution in [0.1, 0.15) is 31.4 Å². The molecule has 0 saturated heterocycles. The number of nitrogens with two attached hydrogens (primary N) is 1. The molecule has 1 aliphatic carbocycles. The molecule has 1 atom stereocenters. The number of anilines is 1. The molecular weight excluding hydrogens is 260 g/mol. The van der Waals surface area contributed by atoms with Gasteiger partial charge in [-0.25, -0.2) is 13.1 Å². The fraction of sp³-hybridized carbons (Fsp3) is 0.571. The SMILES string of the molecule is Cc1cc(N)c(C)c(S(=O)(=O)NCC2CC2(C)C)c1. The summed E-state index contributed by atoms with van der Waals surface area (Å²) in [5.41, 5.74) is 8.10. The first-order chi connectivity index (χ1) is 8.63. The van der Waals surface area contributed by atoms with Gasteiger partial charge < -0.3 is 5.73 Å². The summed E-state index contributed by atoms with van der Waals surface area (Å²) in [6.45, 7) is 8.40. The van der Waals surface area contributed by atoms with Gasteiger partial charge in [0.1, 0.15) is 0 Å². The van der Waals surface area contributed by atoms with Crippen LogP contribution in [-0.2, 0) is 10.0 Å². The van der Waals surface area contributed by atoms with Gasteiger partial charge in [-0.05, 0) is 54.9 Å². The molecule has 0 aliphatic heterocycles. The predicted octanol–water partition coefficient (Wildman–Crippen LogP) is 2.21. The van der Waals surface area contributed by atoms with Crippen molar-refractivity contribution in [2.75, 3.05) is 12.3 Å². The van der Waals surface area contributed by atoms with Gasteiger partial charge in [-0.3, -0.25) is 0 Å². The number of aryl methyl sites for hydroxylation is 1. The fourth-order valence-electron chi connectivity index (χ4n) is 2.34. The van der Waals surface area contributed by atoms with E-state index in [0.29, 0.717) is 28.6 Å². The molecule has 1 unspecified atom stereocenters. The van der Waals surface area contributed by atoms with Crippen LogP contribution in [-0.4, -0.2) is 15.0 Å². The Bertz CT molecular complexity index is 606. The molecule has 5 heteroatoms. The first-order valence-electron chi connectivity index (χ1n) is 6.50. The van der Waals surface area contributed by atoms with Gasteiger partial charge in [0.25, 0.3) is 0 Å². The smallest absolute Gasteiger partial charge is 0.240 e. The minimum atomic E-state index is -3.47. The maximum atomic E-state index is 12.3. The molecule has 19 heavy (non-hydrogen) atoms. The van der Waals surface area contributed by atoms with Gasteiger partial charge in [-0.1, -0.05) is 13.8 Å². The van der Waals surface area contributed by atoms with E-state index in [9.17, 15) is 8.42 Å². The number of nitrogens with one attached hydrogen (secondary N) is 1. The Kier molecular flexibility index (Phi) is 3.39. The van der Waals surface area contributed by atoms with Gasteiger partial charge in [0.2, 0.25) is 10.0 Å². The molecule has 4 nitrogen and oxygen atoms in total. The summed E-state index contributed by atoms with van der Waals surface area (Å²) < 4.78 is 27.4. The lowest BCUT2D eigenvalue weighted by Gasteiger charge is -2.12. The largest absolute Gasteiger partial charge is 0.398 e. The Balaban J connectivity index is 2.20. The summed E-state index contributed by atoms with van der Waals surface area (Å²) in [6, 6.07) is 3.46. The van der Waals surface area contributed by atoms with Crippen LogP contribution >= 0.6 is 0 Å². The second-order valence-corrected chi connectivity index (χ2v) is 7.95. The topological polar surface area (TPSA) is 72.2 Å². The van der Waals surface area contributed by atoms with Crippen molar-refractivity contribution in [1.29, 1.82) is 0 Å². The maximum Gasteiger partial charge on any atom is 0.240 e. The van der Waals surface area contributed by atoms with Crippen LogP contribution < -0.4 is 10.5 Å². The Labute approximate surface area is 115 Å². The van der Waals surface area contributed by atoms with E-state index in [2.05, 4.69) is 18.6 Å². The lowest BCUT2D eigenvalue weighted by atomic mass is 10.1. The molecule has 1 fully saturated rings. The standard InChI is InChI=1S/C14H22N2O2S/c1-9-5-12(15)10(2)13(6-9)19(17,18)16-8-11-7-14(11,3)4/h5-6,11,16H,7-8,15H2,1-4H3. The summed E-state index contributed by atoms with van der Waals surface area (Å²) in [4.78, 5) is 0.295. The monoisotopic (exact) mass is 282 g/mol. The second-order valence-electron chi connectivity index (χ2n) is 6.22. The van der Waals surface area contributed by atoms with Crippen LogP contribution in [0.15, 0.2) is 17.0 Å². The Hall–Kier alpha value is -1.07. The summed E-state index contributed by atoms with van der Waals surface area (Å²) in [5.74, 6) is 0.435. The summed E-state index contributed by atoms with van der Waals surface area (Å²) >= 11 is 0. The molecule has 0 heterocycles. The average Bonchev–Trinajstić information content (AvgIpc) is 2.89. The third kappa shape index (κ3) is 2.92. The molecule has 1 aromatic carbocycles. The van der Waals surface area contributed by atoms with E-state index in [4.69, 9.17) is 5.73 Å². The minimum Gasteiger partial charge on any atom is -0.398 e. The number of hydrogen-bond donors (Lipinski definition) is 2. The van der Waals surface area contributed by atoms with Gasteiger partial charge in [0, 0.05) is 12.2 Å². The summed E-state index contributed by atoms with van der Waals surface area (Å²) in [6.07, 6.45) is 1.07. The van der Waals surface area contributed by atoms with Crippen molar-refractivity contribution in [2.45, 2.75) is 39.0 Å². The molecule has 0 aromatic heterocycles. The second kappa shape index (κ2) is 4.49. The normalized spacial score (nSPS) is 21.4. The minimum absolute atomic E-state index is 0.267. The molecule has 1 saturated carbocycles. The van der Waals surface area contributed by atoms with E-state index >= 15 is 0 Å². The molecule has 0 amide bonds. The van der Waals surface area contributed by atoms with E-state index in [0.717, 1.165) is 12.0 Å². The predicted molar refractivity (Wildman–Crippen MR) is 77.4 cm³/mol. The van der Waals surface area contributed by atoms with Crippen LogP contribution in [0.4, 0.5) is 5.69 Å². The highest BCUT2D eigenvalue weighted by atomic mass is 32.2. The van der Waals surface area contributed by atoms with Crippen molar-refractivity contribution in [1.82, 2.24) is 4.72 Å². The Morgan fingerprint density at radius 1 is 1.37 bits per heavy atom. The van der Waals surface area contributed by atoms with Crippen LogP contribution in [0, 0.1) is 25.2 Å². The van der Waals surface area contributed by atoms with Gasteiger partial charge in [0.05, 0.1) is 4.90 Å². The van der Waals surface area contributed by atoms with Gasteiger partial charge in [0.15, 0.2) is 0 Å². The third-order valence-corrected chi connectivity index (χ3v) is 5.62. The zero-order valence-electron chi connectivity index (χ0n) is 11.9. The van der Waals surface area contributed by atoms with Crippen molar-refractivity contribution in [3.63, 3.8) is 0 Å². The van der Waals surface area contributed by atoms with Crippen molar-refractivity contribution in [3.8, 4) is 0 Å². The third-order valence-electron chi connectivity index (χ3n) is 4.07. The molecule has 106 valence electrons. The maximum absolute atomic E-state index is 12.3. The average molecular weight is 282 g/mol. The number of sulfonamides is 1. The summed E-state index contributed by atoms with van der Waals surface area (Å²) in [5, 5.41) is 0. The highest BCUT2D eigenvalue weighted by Gasteiger charge is 2.45. The molecular formula is C14H22N2O2S. The van der Waals surface area contributed by atoms with Gasteiger partial charge in [-0.2, -0.15) is 0 Å². The molecule has 2 rings (SSSR count). The molecule has 0 spiro atoms. The zero-order chi connectivity index (χ0) is 14.4. The van der Waals surface area contributed by atoms with Crippen LogP contribution in [0.2, 0.25) is 0 Å². The number of nitrogen functional groups attached to an aromatic ring is 1. The van der Waals surface area contributed by atoms with E-state index in [1.807, 2.05) is 6.92 Å².